The molecule has 5 nitrogen and oxygen atoms in total. The van der Waals surface area contributed by atoms with Crippen LogP contribution in [-0.4, -0.2) is 22.7 Å². The lowest BCUT2D eigenvalue weighted by Crippen LogP contribution is -2.21. The summed E-state index contributed by atoms with van der Waals surface area (Å²) in [6, 6.07) is 15.8. The fraction of sp³-hybridized carbons (Fsp3) is 0.0500. The van der Waals surface area contributed by atoms with Crippen molar-refractivity contribution in [2.45, 2.75) is 6.92 Å². The molecule has 0 radical (unpaired) electrons. The Kier molecular flexibility index (Phi) is 4.57. The Hall–Kier alpha value is -3.47. The van der Waals surface area contributed by atoms with Crippen molar-refractivity contribution in [1.29, 1.82) is 0 Å². The number of amides is 1. The van der Waals surface area contributed by atoms with Gasteiger partial charge in [-0.3, -0.25) is 4.79 Å². The van der Waals surface area contributed by atoms with Crippen molar-refractivity contribution in [3.05, 3.63) is 83.4 Å². The van der Waals surface area contributed by atoms with Crippen LogP contribution in [0.5, 0.6) is 0 Å². The number of anilines is 1. The third kappa shape index (κ3) is 3.55. The van der Waals surface area contributed by atoms with Gasteiger partial charge in [-0.25, -0.2) is 4.79 Å². The van der Waals surface area contributed by atoms with Gasteiger partial charge in [0.15, 0.2) is 0 Å². The van der Waals surface area contributed by atoms with E-state index in [1.54, 1.807) is 25.1 Å². The summed E-state index contributed by atoms with van der Waals surface area (Å²) in [4.78, 5) is 23.5. The quantitative estimate of drug-likeness (QED) is 0.867. The van der Waals surface area contributed by atoms with Crippen LogP contribution in [0.1, 0.15) is 22.8 Å². The third-order valence-electron chi connectivity index (χ3n) is 3.77. The van der Waals surface area contributed by atoms with E-state index in [-0.39, 0.29) is 11.5 Å². The van der Waals surface area contributed by atoms with Crippen molar-refractivity contribution in [3.8, 4) is 0 Å². The first-order chi connectivity index (χ1) is 12.1. The summed E-state index contributed by atoms with van der Waals surface area (Å²) in [7, 11) is 0. The molecule has 2 aromatic carbocycles. The van der Waals surface area contributed by atoms with Gasteiger partial charge in [0, 0.05) is 0 Å². The standard InChI is InChI=1S/C20H16N2O3/c1-14-18(9-5-8-15-6-3-2-4-7-15)19(23)22(21-14)17-12-10-16(11-13-17)20(24)25/h2-13H,1H3,(H,24,25)/b8-5+,18-9-. The molecule has 2 aromatic rings. The summed E-state index contributed by atoms with van der Waals surface area (Å²) in [6.07, 6.45) is 5.47. The maximum atomic E-state index is 12.6. The van der Waals surface area contributed by atoms with E-state index in [1.165, 1.54) is 17.1 Å². The van der Waals surface area contributed by atoms with Crippen LogP contribution < -0.4 is 5.01 Å². The van der Waals surface area contributed by atoms with Gasteiger partial charge in [0.1, 0.15) is 0 Å². The summed E-state index contributed by atoms with van der Waals surface area (Å²) in [5.74, 6) is -1.25. The molecule has 1 aliphatic rings. The highest BCUT2D eigenvalue weighted by molar-refractivity contribution is 6.29. The molecule has 0 spiro atoms. The van der Waals surface area contributed by atoms with Gasteiger partial charge in [-0.2, -0.15) is 10.1 Å². The predicted molar refractivity (Wildman–Crippen MR) is 97.6 cm³/mol. The number of carbonyl (C=O) groups excluding carboxylic acids is 1. The average molecular weight is 332 g/mol. The zero-order chi connectivity index (χ0) is 17.8. The minimum Gasteiger partial charge on any atom is -0.478 e. The summed E-state index contributed by atoms with van der Waals surface area (Å²) >= 11 is 0. The van der Waals surface area contributed by atoms with Gasteiger partial charge in [-0.05, 0) is 42.8 Å². The molecule has 1 aliphatic heterocycles. The second kappa shape index (κ2) is 6.97. The lowest BCUT2D eigenvalue weighted by molar-refractivity contribution is -0.114. The second-order valence-electron chi connectivity index (χ2n) is 5.50. The third-order valence-corrected chi connectivity index (χ3v) is 3.77. The molecule has 5 heteroatoms. The summed E-state index contributed by atoms with van der Waals surface area (Å²) in [6.45, 7) is 1.77. The molecule has 3 rings (SSSR count). The Morgan fingerprint density at radius 2 is 1.76 bits per heavy atom. The Morgan fingerprint density at radius 1 is 1.08 bits per heavy atom. The zero-order valence-corrected chi connectivity index (χ0v) is 13.6. The zero-order valence-electron chi connectivity index (χ0n) is 13.6. The largest absolute Gasteiger partial charge is 0.478 e. The van der Waals surface area contributed by atoms with Crippen molar-refractivity contribution in [2.75, 3.05) is 5.01 Å². The number of rotatable bonds is 4. The van der Waals surface area contributed by atoms with E-state index in [2.05, 4.69) is 5.10 Å². The molecule has 0 aliphatic carbocycles. The van der Waals surface area contributed by atoms with Gasteiger partial charge < -0.3 is 5.11 Å². The minimum absolute atomic E-state index is 0.164. The summed E-state index contributed by atoms with van der Waals surface area (Å²) in [5, 5.41) is 14.5. The van der Waals surface area contributed by atoms with E-state index >= 15 is 0 Å². The van der Waals surface area contributed by atoms with Gasteiger partial charge in [-0.15, -0.1) is 0 Å². The monoisotopic (exact) mass is 332 g/mol. The number of hydrazone groups is 1. The smallest absolute Gasteiger partial charge is 0.335 e. The lowest BCUT2D eigenvalue weighted by Gasteiger charge is -2.11. The van der Waals surface area contributed by atoms with Crippen molar-refractivity contribution in [3.63, 3.8) is 0 Å². The van der Waals surface area contributed by atoms with Crippen molar-refractivity contribution in [1.82, 2.24) is 0 Å². The minimum atomic E-state index is -1.01. The number of nitrogens with zero attached hydrogens (tertiary/aromatic N) is 2. The molecule has 124 valence electrons. The first kappa shape index (κ1) is 16.4. The highest BCUT2D eigenvalue weighted by Crippen LogP contribution is 2.24. The molecule has 25 heavy (non-hydrogen) atoms. The number of hydrogen-bond donors (Lipinski definition) is 1. The lowest BCUT2D eigenvalue weighted by atomic mass is 10.1. The van der Waals surface area contributed by atoms with Gasteiger partial charge >= 0.3 is 5.97 Å². The molecule has 0 bridgehead atoms. The van der Waals surface area contributed by atoms with Crippen LogP contribution in [0.25, 0.3) is 6.08 Å². The van der Waals surface area contributed by atoms with Crippen LogP contribution in [0, 0.1) is 0 Å². The molecule has 1 N–H and O–H groups in total. The van der Waals surface area contributed by atoms with Gasteiger partial charge in [-0.1, -0.05) is 42.5 Å². The topological polar surface area (TPSA) is 70.0 Å². The summed E-state index contributed by atoms with van der Waals surface area (Å²) in [5.41, 5.74) is 2.86. The molecular formula is C20H16N2O3. The van der Waals surface area contributed by atoms with E-state index in [4.69, 9.17) is 5.11 Å². The molecule has 0 saturated heterocycles. The number of allylic oxidation sites excluding steroid dienone is 2. The number of carbonyl (C=O) groups is 2. The van der Waals surface area contributed by atoms with E-state index in [0.29, 0.717) is 17.0 Å². The van der Waals surface area contributed by atoms with E-state index in [0.717, 1.165) is 5.56 Å². The highest BCUT2D eigenvalue weighted by atomic mass is 16.4. The Bertz CT molecular complexity index is 894. The van der Waals surface area contributed by atoms with Crippen molar-refractivity contribution in [2.24, 2.45) is 5.10 Å². The first-order valence-electron chi connectivity index (χ1n) is 7.73. The summed E-state index contributed by atoms with van der Waals surface area (Å²) < 4.78 is 0. The highest BCUT2D eigenvalue weighted by Gasteiger charge is 2.28. The number of carboxylic acids is 1. The Balaban J connectivity index is 1.80. The fourth-order valence-corrected chi connectivity index (χ4v) is 2.45. The van der Waals surface area contributed by atoms with E-state index in [9.17, 15) is 9.59 Å². The molecule has 0 atom stereocenters. The molecule has 0 aromatic heterocycles. The van der Waals surface area contributed by atoms with Crippen LogP contribution in [0.4, 0.5) is 5.69 Å². The van der Waals surface area contributed by atoms with Crippen LogP contribution in [0.3, 0.4) is 0 Å². The maximum absolute atomic E-state index is 12.6. The Morgan fingerprint density at radius 3 is 2.40 bits per heavy atom. The molecule has 0 saturated carbocycles. The van der Waals surface area contributed by atoms with Crippen LogP contribution in [0.15, 0.2) is 77.4 Å². The second-order valence-corrected chi connectivity index (χ2v) is 5.50. The van der Waals surface area contributed by atoms with Gasteiger partial charge in [0.25, 0.3) is 5.91 Å². The van der Waals surface area contributed by atoms with Crippen LogP contribution in [-0.2, 0) is 4.79 Å². The molecule has 1 amide bonds. The SMILES string of the molecule is CC1=NN(c2ccc(C(=O)O)cc2)C(=O)/C1=C\C=C\c1ccccc1. The molecular weight excluding hydrogens is 316 g/mol. The number of benzene rings is 2. The fourth-order valence-electron chi connectivity index (χ4n) is 2.45. The van der Waals surface area contributed by atoms with Crippen molar-refractivity contribution < 1.29 is 14.7 Å². The maximum Gasteiger partial charge on any atom is 0.335 e. The number of aromatic carboxylic acids is 1. The number of hydrogen-bond acceptors (Lipinski definition) is 3. The Labute approximate surface area is 145 Å². The molecule has 1 heterocycles. The number of carboxylic acid groups (broad SMARTS) is 1. The van der Waals surface area contributed by atoms with E-state index in [1.807, 2.05) is 42.5 Å². The van der Waals surface area contributed by atoms with E-state index < -0.39 is 5.97 Å². The van der Waals surface area contributed by atoms with Crippen LogP contribution >= 0.6 is 0 Å². The first-order valence-corrected chi connectivity index (χ1v) is 7.73. The van der Waals surface area contributed by atoms with Gasteiger partial charge in [0.2, 0.25) is 0 Å². The average Bonchev–Trinajstić information content (AvgIpc) is 2.91. The van der Waals surface area contributed by atoms with Crippen LogP contribution in [0.2, 0.25) is 0 Å². The van der Waals surface area contributed by atoms with Gasteiger partial charge in [0.05, 0.1) is 22.5 Å². The molecule has 0 unspecified atom stereocenters. The molecule has 0 fully saturated rings. The normalized spacial score (nSPS) is 15.9. The predicted octanol–water partition coefficient (Wildman–Crippen LogP) is 3.75. The van der Waals surface area contributed by atoms with Crippen molar-refractivity contribution >= 4 is 29.4 Å².